The van der Waals surface area contributed by atoms with Crippen LogP contribution in [0.25, 0.3) is 0 Å². The van der Waals surface area contributed by atoms with Gasteiger partial charge in [-0.2, -0.15) is 0 Å². The molecule has 1 aromatic carbocycles. The molecule has 116 valence electrons. The van der Waals surface area contributed by atoms with Gasteiger partial charge in [0.15, 0.2) is 0 Å². The molecule has 0 spiro atoms. The number of para-hydroxylation sites is 1. The largest absolute Gasteiger partial charge is 0.573 e. The van der Waals surface area contributed by atoms with Crippen molar-refractivity contribution in [3.05, 3.63) is 58.9 Å². The molecule has 1 N–H and O–H groups in total. The van der Waals surface area contributed by atoms with Crippen molar-refractivity contribution >= 4 is 17.5 Å². The summed E-state index contributed by atoms with van der Waals surface area (Å²) >= 11 is 5.77. The maximum Gasteiger partial charge on any atom is 0.573 e. The molecule has 0 bridgehead atoms. The van der Waals surface area contributed by atoms with Crippen molar-refractivity contribution in [2.45, 2.75) is 12.9 Å². The first-order valence-corrected chi connectivity index (χ1v) is 6.47. The van der Waals surface area contributed by atoms with Crippen LogP contribution in [0.1, 0.15) is 15.9 Å². The highest BCUT2D eigenvalue weighted by Gasteiger charge is 2.32. The Morgan fingerprint density at radius 1 is 1.23 bits per heavy atom. The summed E-state index contributed by atoms with van der Waals surface area (Å²) in [5, 5.41) is 2.49. The number of benzene rings is 1. The van der Waals surface area contributed by atoms with E-state index in [0.29, 0.717) is 0 Å². The van der Waals surface area contributed by atoms with Crippen LogP contribution >= 0.6 is 11.6 Å². The predicted octanol–water partition coefficient (Wildman–Crippen LogP) is 3.56. The van der Waals surface area contributed by atoms with Crippen LogP contribution in [0.2, 0.25) is 5.15 Å². The molecule has 1 amide bonds. The molecule has 0 atom stereocenters. The monoisotopic (exact) mass is 330 g/mol. The normalized spacial score (nSPS) is 11.1. The Kier molecular flexibility index (Phi) is 4.87. The average Bonchev–Trinajstić information content (AvgIpc) is 2.45. The summed E-state index contributed by atoms with van der Waals surface area (Å²) in [5.74, 6) is -0.910. The molecule has 0 fully saturated rings. The summed E-state index contributed by atoms with van der Waals surface area (Å²) in [6.07, 6.45) is -3.38. The summed E-state index contributed by atoms with van der Waals surface area (Å²) in [5.41, 5.74) is 0.326. The minimum Gasteiger partial charge on any atom is -0.405 e. The fourth-order valence-corrected chi connectivity index (χ4v) is 1.91. The molecule has 22 heavy (non-hydrogen) atoms. The minimum atomic E-state index is -4.80. The van der Waals surface area contributed by atoms with Crippen molar-refractivity contribution in [2.24, 2.45) is 0 Å². The Labute approximate surface area is 128 Å². The number of nitrogens with zero attached hydrogens (tertiary/aromatic N) is 1. The first-order chi connectivity index (χ1) is 10.4. The number of ether oxygens (including phenoxy) is 1. The van der Waals surface area contributed by atoms with Crippen molar-refractivity contribution < 1.29 is 22.7 Å². The lowest BCUT2D eigenvalue weighted by atomic mass is 10.2. The number of alkyl halides is 3. The maximum absolute atomic E-state index is 12.3. The van der Waals surface area contributed by atoms with Gasteiger partial charge in [0.25, 0.3) is 5.91 Å². The number of amides is 1. The van der Waals surface area contributed by atoms with Gasteiger partial charge in [-0.05, 0) is 18.2 Å². The number of hydrogen-bond acceptors (Lipinski definition) is 3. The van der Waals surface area contributed by atoms with Crippen molar-refractivity contribution in [1.29, 1.82) is 0 Å². The van der Waals surface area contributed by atoms with Crippen LogP contribution in [0.4, 0.5) is 13.2 Å². The minimum absolute atomic E-state index is 0.0137. The van der Waals surface area contributed by atoms with Crippen molar-refractivity contribution in [3.8, 4) is 5.75 Å². The summed E-state index contributed by atoms with van der Waals surface area (Å²) in [6.45, 7) is -0.143. The van der Waals surface area contributed by atoms with E-state index in [2.05, 4.69) is 15.0 Å². The predicted molar refractivity (Wildman–Crippen MR) is 73.5 cm³/mol. The number of carbonyl (C=O) groups excluding carboxylic acids is 1. The molecule has 0 unspecified atom stereocenters. The molecular weight excluding hydrogens is 321 g/mol. The van der Waals surface area contributed by atoms with Crippen LogP contribution in [-0.2, 0) is 6.54 Å². The highest BCUT2D eigenvalue weighted by Crippen LogP contribution is 2.26. The Morgan fingerprint density at radius 3 is 2.64 bits per heavy atom. The number of hydrogen-bond donors (Lipinski definition) is 1. The van der Waals surface area contributed by atoms with Gasteiger partial charge in [-0.1, -0.05) is 29.8 Å². The third-order valence-corrected chi connectivity index (χ3v) is 2.94. The third kappa shape index (κ3) is 4.36. The number of aromatic nitrogens is 1. The molecule has 1 heterocycles. The zero-order valence-corrected chi connectivity index (χ0v) is 11.8. The van der Waals surface area contributed by atoms with Crippen LogP contribution in [0.3, 0.4) is 0 Å². The van der Waals surface area contributed by atoms with Crippen LogP contribution in [-0.4, -0.2) is 17.3 Å². The van der Waals surface area contributed by atoms with Gasteiger partial charge < -0.3 is 10.1 Å². The summed E-state index contributed by atoms with van der Waals surface area (Å²) in [4.78, 5) is 15.7. The zero-order chi connectivity index (χ0) is 16.2. The number of rotatable bonds is 4. The van der Waals surface area contributed by atoms with Gasteiger partial charge in [-0.3, -0.25) is 4.79 Å². The molecular formula is C14H10ClF3N2O2. The molecule has 2 aromatic rings. The lowest BCUT2D eigenvalue weighted by Crippen LogP contribution is -2.24. The Balaban J connectivity index is 2.09. The van der Waals surface area contributed by atoms with E-state index < -0.39 is 12.3 Å². The van der Waals surface area contributed by atoms with E-state index in [0.717, 1.165) is 0 Å². The zero-order valence-electron chi connectivity index (χ0n) is 11.0. The van der Waals surface area contributed by atoms with E-state index in [-0.39, 0.29) is 28.6 Å². The highest BCUT2D eigenvalue weighted by atomic mass is 35.5. The fourth-order valence-electron chi connectivity index (χ4n) is 1.70. The number of nitrogens with one attached hydrogen (secondary N) is 1. The second-order valence-electron chi connectivity index (χ2n) is 4.18. The Hall–Kier alpha value is -2.28. The lowest BCUT2D eigenvalue weighted by molar-refractivity contribution is -0.274. The first-order valence-electron chi connectivity index (χ1n) is 6.09. The molecule has 0 aliphatic rings. The van der Waals surface area contributed by atoms with Crippen LogP contribution < -0.4 is 10.1 Å². The van der Waals surface area contributed by atoms with Gasteiger partial charge in [0.2, 0.25) is 0 Å². The van der Waals surface area contributed by atoms with E-state index in [4.69, 9.17) is 11.6 Å². The van der Waals surface area contributed by atoms with Crippen LogP contribution in [0.15, 0.2) is 42.6 Å². The van der Waals surface area contributed by atoms with Gasteiger partial charge in [-0.15, -0.1) is 13.2 Å². The van der Waals surface area contributed by atoms with E-state index in [1.807, 2.05) is 0 Å². The lowest BCUT2D eigenvalue weighted by Gasteiger charge is -2.13. The number of carbonyl (C=O) groups is 1. The third-order valence-electron chi connectivity index (χ3n) is 2.64. The average molecular weight is 331 g/mol. The number of pyridine rings is 1. The molecule has 1 aromatic heterocycles. The quantitative estimate of drug-likeness (QED) is 0.872. The fraction of sp³-hybridized carbons (Fsp3) is 0.143. The van der Waals surface area contributed by atoms with Crippen molar-refractivity contribution in [1.82, 2.24) is 10.3 Å². The molecule has 0 radical (unpaired) electrons. The summed E-state index contributed by atoms with van der Waals surface area (Å²) in [6, 6.07) is 8.54. The Morgan fingerprint density at radius 2 is 1.95 bits per heavy atom. The van der Waals surface area contributed by atoms with E-state index in [1.54, 1.807) is 6.07 Å². The van der Waals surface area contributed by atoms with Crippen LogP contribution in [0.5, 0.6) is 5.75 Å². The standard InChI is InChI=1S/C14H10ClF3N2O2/c15-12-10(5-3-7-19-12)13(21)20-8-9-4-1-2-6-11(9)22-14(16,17)18/h1-7H,8H2,(H,20,21). The van der Waals surface area contributed by atoms with E-state index in [1.165, 1.54) is 36.5 Å². The maximum atomic E-state index is 12.3. The highest BCUT2D eigenvalue weighted by molar-refractivity contribution is 6.32. The van der Waals surface area contributed by atoms with Gasteiger partial charge in [-0.25, -0.2) is 4.98 Å². The molecule has 0 saturated carbocycles. The molecule has 2 rings (SSSR count). The van der Waals surface area contributed by atoms with E-state index >= 15 is 0 Å². The molecule has 0 saturated heterocycles. The Bertz CT molecular complexity index is 677. The van der Waals surface area contributed by atoms with Gasteiger partial charge in [0, 0.05) is 18.3 Å². The van der Waals surface area contributed by atoms with Gasteiger partial charge in [0.05, 0.1) is 5.56 Å². The first kappa shape index (κ1) is 16.1. The smallest absolute Gasteiger partial charge is 0.405 e. The van der Waals surface area contributed by atoms with Crippen molar-refractivity contribution in [3.63, 3.8) is 0 Å². The van der Waals surface area contributed by atoms with Gasteiger partial charge in [0.1, 0.15) is 10.9 Å². The van der Waals surface area contributed by atoms with Crippen LogP contribution in [0, 0.1) is 0 Å². The summed E-state index contributed by atoms with van der Waals surface area (Å²) < 4.78 is 40.8. The van der Waals surface area contributed by atoms with Gasteiger partial charge >= 0.3 is 6.36 Å². The van der Waals surface area contributed by atoms with E-state index in [9.17, 15) is 18.0 Å². The topological polar surface area (TPSA) is 51.2 Å². The second kappa shape index (κ2) is 6.65. The molecule has 0 aliphatic carbocycles. The van der Waals surface area contributed by atoms with Crippen molar-refractivity contribution in [2.75, 3.05) is 0 Å². The molecule has 4 nitrogen and oxygen atoms in total. The SMILES string of the molecule is O=C(NCc1ccccc1OC(F)(F)F)c1cccnc1Cl. The molecule has 8 heteroatoms. The molecule has 0 aliphatic heterocycles. The number of halogens is 4. The second-order valence-corrected chi connectivity index (χ2v) is 4.54. The summed E-state index contributed by atoms with van der Waals surface area (Å²) in [7, 11) is 0.